The molecule has 0 saturated heterocycles. The lowest BCUT2D eigenvalue weighted by molar-refractivity contribution is 0.102. The van der Waals surface area contributed by atoms with Gasteiger partial charge < -0.3 is 10.1 Å². The Morgan fingerprint density at radius 1 is 0.844 bits per heavy atom. The number of benzene rings is 4. The van der Waals surface area contributed by atoms with Crippen molar-refractivity contribution in [2.45, 2.75) is 11.8 Å². The number of carbonyl (C=O) groups excluding carboxylic acids is 1. The van der Waals surface area contributed by atoms with Gasteiger partial charge in [0.15, 0.2) is 0 Å². The Kier molecular flexibility index (Phi) is 5.83. The molecule has 4 rings (SSSR count). The minimum atomic E-state index is -3.92. The first kappa shape index (κ1) is 21.4. The number of nitrogens with one attached hydrogen (secondary N) is 2. The molecule has 0 fully saturated rings. The molecule has 6 nitrogen and oxygen atoms in total. The van der Waals surface area contributed by atoms with Crippen LogP contribution in [0.1, 0.15) is 15.9 Å². The van der Waals surface area contributed by atoms with Crippen LogP contribution in [0.25, 0.3) is 10.8 Å². The second-order valence-corrected chi connectivity index (χ2v) is 9.00. The van der Waals surface area contributed by atoms with Crippen molar-refractivity contribution in [1.29, 1.82) is 0 Å². The molecule has 2 N–H and O–H groups in total. The molecule has 4 aromatic carbocycles. The highest BCUT2D eigenvalue weighted by Gasteiger charge is 2.19. The van der Waals surface area contributed by atoms with Gasteiger partial charge >= 0.3 is 0 Å². The maximum absolute atomic E-state index is 13.1. The van der Waals surface area contributed by atoms with Crippen LogP contribution in [0, 0.1) is 6.92 Å². The van der Waals surface area contributed by atoms with Crippen LogP contribution in [0.2, 0.25) is 0 Å². The second-order valence-electron chi connectivity index (χ2n) is 7.31. The third-order valence-corrected chi connectivity index (χ3v) is 6.44. The number of anilines is 2. The number of amides is 1. The van der Waals surface area contributed by atoms with E-state index >= 15 is 0 Å². The van der Waals surface area contributed by atoms with Gasteiger partial charge in [0.2, 0.25) is 0 Å². The summed E-state index contributed by atoms with van der Waals surface area (Å²) in [4.78, 5) is 12.7. The number of hydrogen-bond donors (Lipinski definition) is 2. The van der Waals surface area contributed by atoms with E-state index in [9.17, 15) is 13.2 Å². The van der Waals surface area contributed by atoms with Crippen LogP contribution in [0.4, 0.5) is 11.4 Å². The molecule has 0 aliphatic rings. The average Bonchev–Trinajstić information content (AvgIpc) is 2.79. The Labute approximate surface area is 186 Å². The zero-order valence-electron chi connectivity index (χ0n) is 17.6. The molecule has 0 atom stereocenters. The second kappa shape index (κ2) is 8.72. The van der Waals surface area contributed by atoms with E-state index in [-0.39, 0.29) is 16.5 Å². The molecule has 162 valence electrons. The molecule has 0 unspecified atom stereocenters. The van der Waals surface area contributed by atoms with Crippen molar-refractivity contribution in [2.24, 2.45) is 0 Å². The summed E-state index contributed by atoms with van der Waals surface area (Å²) in [6, 6.07) is 24.4. The lowest BCUT2D eigenvalue weighted by Gasteiger charge is -2.14. The summed E-state index contributed by atoms with van der Waals surface area (Å²) in [6.45, 7) is 1.93. The molecule has 7 heteroatoms. The van der Waals surface area contributed by atoms with E-state index in [2.05, 4.69) is 10.0 Å². The zero-order chi connectivity index (χ0) is 22.7. The van der Waals surface area contributed by atoms with E-state index in [1.165, 1.54) is 25.3 Å². The van der Waals surface area contributed by atoms with Crippen LogP contribution in [-0.2, 0) is 10.0 Å². The number of fused-ring (bicyclic) bond motifs is 1. The number of aryl methyl sites for hydroxylation is 1. The van der Waals surface area contributed by atoms with Gasteiger partial charge in [0.05, 0.1) is 23.4 Å². The Bertz CT molecular complexity index is 1390. The number of hydrogen-bond acceptors (Lipinski definition) is 4. The van der Waals surface area contributed by atoms with E-state index in [4.69, 9.17) is 4.74 Å². The molecule has 0 spiro atoms. The van der Waals surface area contributed by atoms with Gasteiger partial charge in [-0.3, -0.25) is 9.52 Å². The lowest BCUT2D eigenvalue weighted by atomic mass is 10.1. The van der Waals surface area contributed by atoms with Crippen molar-refractivity contribution < 1.29 is 17.9 Å². The molecule has 0 aliphatic carbocycles. The fraction of sp³-hybridized carbons (Fsp3) is 0.0800. The molecule has 0 aromatic heterocycles. The number of methoxy groups -OCH3 is 1. The first-order valence-corrected chi connectivity index (χ1v) is 11.4. The summed E-state index contributed by atoms with van der Waals surface area (Å²) in [7, 11) is -2.46. The van der Waals surface area contributed by atoms with Gasteiger partial charge in [0, 0.05) is 10.9 Å². The summed E-state index contributed by atoms with van der Waals surface area (Å²) in [5.74, 6) is -0.00515. The highest BCUT2D eigenvalue weighted by molar-refractivity contribution is 7.92. The minimum absolute atomic E-state index is 0.00504. The average molecular weight is 447 g/mol. The topological polar surface area (TPSA) is 84.5 Å². The molecule has 0 saturated carbocycles. The smallest absolute Gasteiger partial charge is 0.261 e. The van der Waals surface area contributed by atoms with Crippen molar-refractivity contribution >= 4 is 38.1 Å². The third kappa shape index (κ3) is 4.43. The number of rotatable bonds is 6. The number of ether oxygens (including phenoxy) is 1. The van der Waals surface area contributed by atoms with Gasteiger partial charge in [-0.05, 0) is 48.7 Å². The molecule has 0 heterocycles. The van der Waals surface area contributed by atoms with Crippen LogP contribution < -0.4 is 14.8 Å². The molecule has 0 bridgehead atoms. The van der Waals surface area contributed by atoms with E-state index < -0.39 is 10.0 Å². The van der Waals surface area contributed by atoms with E-state index in [0.29, 0.717) is 17.0 Å². The SMILES string of the molecule is COc1ccc(S(=O)(=O)Nc2cccc3ccccc23)cc1NC(=O)c1ccc(C)cc1. The summed E-state index contributed by atoms with van der Waals surface area (Å²) in [6.07, 6.45) is 0. The molecule has 1 amide bonds. The maximum atomic E-state index is 13.1. The predicted molar refractivity (Wildman–Crippen MR) is 127 cm³/mol. The normalized spacial score (nSPS) is 11.2. The van der Waals surface area contributed by atoms with Gasteiger partial charge in [0.1, 0.15) is 5.75 Å². The van der Waals surface area contributed by atoms with E-state index in [1.54, 1.807) is 24.3 Å². The van der Waals surface area contributed by atoms with Crippen LogP contribution in [0.15, 0.2) is 89.8 Å². The quantitative estimate of drug-likeness (QED) is 0.426. The summed E-state index contributed by atoms with van der Waals surface area (Å²) in [5.41, 5.74) is 2.23. The Balaban J connectivity index is 1.66. The summed E-state index contributed by atoms with van der Waals surface area (Å²) >= 11 is 0. The summed E-state index contributed by atoms with van der Waals surface area (Å²) in [5, 5.41) is 4.46. The van der Waals surface area contributed by atoms with Crippen LogP contribution >= 0.6 is 0 Å². The molecule has 0 aliphatic heterocycles. The summed E-state index contributed by atoms with van der Waals surface area (Å²) < 4.78 is 34.2. The Hall–Kier alpha value is -3.84. The fourth-order valence-electron chi connectivity index (χ4n) is 3.37. The van der Waals surface area contributed by atoms with Crippen molar-refractivity contribution in [2.75, 3.05) is 17.1 Å². The molecular weight excluding hydrogens is 424 g/mol. The lowest BCUT2D eigenvalue weighted by Crippen LogP contribution is -2.16. The predicted octanol–water partition coefficient (Wildman–Crippen LogP) is 5.21. The van der Waals surface area contributed by atoms with Crippen molar-refractivity contribution in [1.82, 2.24) is 0 Å². The molecule has 4 aromatic rings. The number of sulfonamides is 1. The van der Waals surface area contributed by atoms with Gasteiger partial charge in [-0.15, -0.1) is 0 Å². The maximum Gasteiger partial charge on any atom is 0.261 e. The highest BCUT2D eigenvalue weighted by Crippen LogP contribution is 2.30. The van der Waals surface area contributed by atoms with Gasteiger partial charge in [0.25, 0.3) is 15.9 Å². The molecule has 0 radical (unpaired) electrons. The standard InChI is InChI=1S/C25H22N2O4S/c1-17-10-12-19(13-11-17)25(28)26-23-16-20(14-15-24(23)31-2)32(29,30)27-22-9-5-7-18-6-3-4-8-21(18)22/h3-16,27H,1-2H3,(H,26,28). The van der Waals surface area contributed by atoms with E-state index in [0.717, 1.165) is 16.3 Å². The molecule has 32 heavy (non-hydrogen) atoms. The van der Waals surface area contributed by atoms with Gasteiger partial charge in [-0.25, -0.2) is 8.42 Å². The Morgan fingerprint density at radius 2 is 1.56 bits per heavy atom. The van der Waals surface area contributed by atoms with E-state index in [1.807, 2.05) is 49.4 Å². The molecular formula is C25H22N2O4S. The van der Waals surface area contributed by atoms with Crippen LogP contribution in [0.5, 0.6) is 5.75 Å². The first-order valence-electron chi connectivity index (χ1n) is 9.94. The third-order valence-electron chi connectivity index (χ3n) is 5.08. The van der Waals surface area contributed by atoms with Gasteiger partial charge in [-0.2, -0.15) is 0 Å². The largest absolute Gasteiger partial charge is 0.495 e. The van der Waals surface area contributed by atoms with Crippen molar-refractivity contribution in [3.63, 3.8) is 0 Å². The first-order chi connectivity index (χ1) is 15.4. The zero-order valence-corrected chi connectivity index (χ0v) is 18.4. The van der Waals surface area contributed by atoms with Crippen molar-refractivity contribution in [3.05, 3.63) is 96.1 Å². The van der Waals surface area contributed by atoms with Crippen LogP contribution in [-0.4, -0.2) is 21.4 Å². The number of carbonyl (C=O) groups is 1. The minimum Gasteiger partial charge on any atom is -0.495 e. The monoisotopic (exact) mass is 446 g/mol. The van der Waals surface area contributed by atoms with Crippen LogP contribution in [0.3, 0.4) is 0 Å². The fourth-order valence-corrected chi connectivity index (χ4v) is 4.48. The Morgan fingerprint density at radius 3 is 2.31 bits per heavy atom. The van der Waals surface area contributed by atoms with Crippen molar-refractivity contribution in [3.8, 4) is 5.75 Å². The highest BCUT2D eigenvalue weighted by atomic mass is 32.2. The van der Waals surface area contributed by atoms with Gasteiger partial charge in [-0.1, -0.05) is 54.1 Å².